The average molecular weight is 491 g/mol. The summed E-state index contributed by atoms with van der Waals surface area (Å²) >= 11 is 0. The van der Waals surface area contributed by atoms with E-state index in [4.69, 9.17) is 0 Å². The largest absolute Gasteiger partial charge is 0.219 e. The Morgan fingerprint density at radius 2 is 0.781 bits per heavy atom. The summed E-state index contributed by atoms with van der Waals surface area (Å²) in [5.41, 5.74) is 2.33. The quantitative estimate of drug-likeness (QED) is 0.515. The van der Waals surface area contributed by atoms with Crippen molar-refractivity contribution in [3.8, 4) is 0 Å². The van der Waals surface area contributed by atoms with Gasteiger partial charge in [0, 0.05) is 0 Å². The number of benzene rings is 3. The average Bonchev–Trinajstić information content (AvgIpc) is 2.73. The molecule has 0 aliphatic heterocycles. The second-order valence-corrected chi connectivity index (χ2v) is 13.3. The Balaban J connectivity index is 2.31. The zero-order valence-electron chi connectivity index (χ0n) is 17.7. The van der Waals surface area contributed by atoms with Gasteiger partial charge in [-0.2, -0.15) is 0 Å². The Labute approximate surface area is 189 Å². The highest BCUT2D eigenvalue weighted by molar-refractivity contribution is 8.15. The highest BCUT2D eigenvalue weighted by Crippen LogP contribution is 2.31. The second-order valence-electron chi connectivity index (χ2n) is 7.43. The Morgan fingerprint density at radius 3 is 1.09 bits per heavy atom. The summed E-state index contributed by atoms with van der Waals surface area (Å²) in [5.74, 6) is 0. The van der Waals surface area contributed by atoms with Crippen LogP contribution in [0.4, 0.5) is 0 Å². The zero-order chi connectivity index (χ0) is 23.7. The molecule has 0 saturated carbocycles. The van der Waals surface area contributed by atoms with Crippen molar-refractivity contribution in [3.63, 3.8) is 0 Å². The lowest BCUT2D eigenvalue weighted by Gasteiger charge is -2.12. The van der Waals surface area contributed by atoms with Crippen LogP contribution in [0, 0.1) is 20.8 Å². The van der Waals surface area contributed by atoms with Gasteiger partial charge in [0.2, 0.25) is 29.5 Å². The third-order valence-electron chi connectivity index (χ3n) is 4.79. The van der Waals surface area contributed by atoms with Crippen molar-refractivity contribution in [2.24, 2.45) is 0 Å². The fourth-order valence-electron chi connectivity index (χ4n) is 2.86. The van der Waals surface area contributed by atoms with Crippen molar-refractivity contribution in [2.45, 2.75) is 35.5 Å². The van der Waals surface area contributed by atoms with Gasteiger partial charge < -0.3 is 0 Å². The molecule has 0 aliphatic rings. The monoisotopic (exact) mass is 490 g/mol. The lowest BCUT2D eigenvalue weighted by molar-refractivity contribution is 0.592. The van der Waals surface area contributed by atoms with Gasteiger partial charge in [0.05, 0.1) is 20.1 Å². The first-order chi connectivity index (χ1) is 14.8. The fraction of sp³-hybridized carbons (Fsp3) is 0.130. The Kier molecular flexibility index (Phi) is 6.46. The van der Waals surface area contributed by atoms with Gasteiger partial charge in [-0.25, -0.2) is 25.3 Å². The van der Waals surface area contributed by atoms with Gasteiger partial charge >= 0.3 is 0 Å². The van der Waals surface area contributed by atoms with E-state index in [1.54, 1.807) is 32.9 Å². The smallest absolute Gasteiger partial charge is 0.218 e. The molecule has 3 aromatic rings. The Morgan fingerprint density at radius 1 is 0.500 bits per heavy atom. The molecule has 0 radical (unpaired) electrons. The summed E-state index contributed by atoms with van der Waals surface area (Å²) in [5, 5.41) is 0.335. The van der Waals surface area contributed by atoms with E-state index >= 15 is 0 Å². The van der Waals surface area contributed by atoms with Crippen LogP contribution in [0.1, 0.15) is 16.7 Å². The maximum absolute atomic E-state index is 13.4. The van der Waals surface area contributed by atoms with E-state index in [9.17, 15) is 25.3 Å². The van der Waals surface area contributed by atoms with E-state index in [1.807, 2.05) is 0 Å². The molecule has 168 valence electrons. The number of hydrogen-bond acceptors (Lipinski definition) is 6. The van der Waals surface area contributed by atoms with Crippen molar-refractivity contribution in [2.75, 3.05) is 0 Å². The molecule has 0 aliphatic carbocycles. The summed E-state index contributed by atoms with van der Waals surface area (Å²) in [6.07, 6.45) is 0. The van der Waals surface area contributed by atoms with Gasteiger partial charge in [-0.1, -0.05) is 53.1 Å². The fourth-order valence-corrected chi connectivity index (χ4v) is 8.73. The van der Waals surface area contributed by atoms with Gasteiger partial charge in [0.25, 0.3) is 0 Å². The van der Waals surface area contributed by atoms with Gasteiger partial charge in [-0.15, -0.1) is 0 Å². The minimum absolute atomic E-state index is 0.209. The second kappa shape index (κ2) is 8.65. The standard InChI is InChI=1S/C23H22O6S3/c1-17-4-10-20(11-5-17)30(24,25)16-23(31(26,27)21-12-6-18(2)7-13-21)32(28,29)22-14-8-19(3)9-15-22/h4-16H,1-3H3. The van der Waals surface area contributed by atoms with Crippen LogP contribution < -0.4 is 0 Å². The van der Waals surface area contributed by atoms with Crippen LogP contribution in [0.2, 0.25) is 0 Å². The summed E-state index contributed by atoms with van der Waals surface area (Å²) in [6, 6.07) is 16.7. The zero-order valence-corrected chi connectivity index (χ0v) is 20.1. The molecule has 0 bridgehead atoms. The molecule has 3 aromatic carbocycles. The summed E-state index contributed by atoms with van der Waals surface area (Å²) in [6.45, 7) is 5.26. The molecule has 0 amide bonds. The predicted octanol–water partition coefficient (Wildman–Crippen LogP) is 4.13. The van der Waals surface area contributed by atoms with Crippen LogP contribution in [0.25, 0.3) is 0 Å². The van der Waals surface area contributed by atoms with Gasteiger partial charge in [-0.05, 0) is 57.2 Å². The molecule has 3 rings (SSSR count). The molecule has 0 saturated heterocycles. The molecule has 0 unspecified atom stereocenters. The topological polar surface area (TPSA) is 102 Å². The normalized spacial score (nSPS) is 12.3. The van der Waals surface area contributed by atoms with E-state index in [0.717, 1.165) is 16.7 Å². The van der Waals surface area contributed by atoms with E-state index in [2.05, 4.69) is 0 Å². The van der Waals surface area contributed by atoms with Crippen molar-refractivity contribution < 1.29 is 25.3 Å². The molecule has 32 heavy (non-hydrogen) atoms. The number of hydrogen-bond donors (Lipinski definition) is 0. The van der Waals surface area contributed by atoms with Gasteiger partial charge in [0.1, 0.15) is 0 Å². The molecule has 0 N–H and O–H groups in total. The van der Waals surface area contributed by atoms with E-state index in [0.29, 0.717) is 5.41 Å². The molecule has 0 spiro atoms. The van der Waals surface area contributed by atoms with Gasteiger partial charge in [-0.3, -0.25) is 0 Å². The van der Waals surface area contributed by atoms with E-state index in [1.165, 1.54) is 60.7 Å². The minimum atomic E-state index is -4.69. The first-order valence-corrected chi connectivity index (χ1v) is 14.0. The predicted molar refractivity (Wildman–Crippen MR) is 123 cm³/mol. The summed E-state index contributed by atoms with van der Waals surface area (Å²) in [4.78, 5) is -0.841. The molecular weight excluding hydrogens is 468 g/mol. The Hall–Kier alpha value is -2.75. The first kappa shape index (κ1) is 23.9. The lowest BCUT2D eigenvalue weighted by Crippen LogP contribution is -2.17. The number of sulfone groups is 3. The third-order valence-corrected chi connectivity index (χ3v) is 11.0. The maximum atomic E-state index is 13.4. The van der Waals surface area contributed by atoms with Crippen LogP contribution in [0.3, 0.4) is 0 Å². The SMILES string of the molecule is Cc1ccc(S(=O)(=O)C=C(S(=O)(=O)c2ccc(C)cc2)S(=O)(=O)c2ccc(C)cc2)cc1. The minimum Gasteiger partial charge on any atom is -0.219 e. The molecule has 0 fully saturated rings. The highest BCUT2D eigenvalue weighted by atomic mass is 32.3. The molecule has 9 heteroatoms. The Bertz CT molecular complexity index is 1400. The van der Waals surface area contributed by atoms with Crippen LogP contribution in [0.15, 0.2) is 97.1 Å². The maximum Gasteiger partial charge on any atom is 0.218 e. The summed E-state index contributed by atoms with van der Waals surface area (Å²) < 4.78 is 78.4. The molecule has 0 atom stereocenters. The lowest BCUT2D eigenvalue weighted by atomic mass is 10.2. The summed E-state index contributed by atoms with van der Waals surface area (Å²) in [7, 11) is -13.8. The third kappa shape index (κ3) is 4.85. The highest BCUT2D eigenvalue weighted by Gasteiger charge is 2.36. The van der Waals surface area contributed by atoms with Crippen LogP contribution in [-0.2, 0) is 29.5 Å². The molecule has 6 nitrogen and oxygen atoms in total. The van der Waals surface area contributed by atoms with Crippen molar-refractivity contribution in [3.05, 3.63) is 99.1 Å². The number of aryl methyl sites for hydroxylation is 3. The van der Waals surface area contributed by atoms with Crippen molar-refractivity contribution in [1.29, 1.82) is 0 Å². The first-order valence-electron chi connectivity index (χ1n) is 9.51. The van der Waals surface area contributed by atoms with Crippen LogP contribution in [0.5, 0.6) is 0 Å². The van der Waals surface area contributed by atoms with E-state index in [-0.39, 0.29) is 14.7 Å². The molecular formula is C23H22O6S3. The van der Waals surface area contributed by atoms with Crippen LogP contribution in [-0.4, -0.2) is 25.3 Å². The van der Waals surface area contributed by atoms with Crippen molar-refractivity contribution >= 4 is 29.5 Å². The molecule has 0 heterocycles. The van der Waals surface area contributed by atoms with Crippen LogP contribution >= 0.6 is 0 Å². The van der Waals surface area contributed by atoms with E-state index < -0.39 is 33.7 Å². The van der Waals surface area contributed by atoms with Gasteiger partial charge in [0.15, 0.2) is 4.24 Å². The van der Waals surface area contributed by atoms with Crippen molar-refractivity contribution in [1.82, 2.24) is 0 Å². The molecule has 0 aromatic heterocycles. The number of rotatable bonds is 6.